The molecule has 2 aliphatic rings. The van der Waals surface area contributed by atoms with E-state index in [1.807, 2.05) is 61.4 Å². The third-order valence-corrected chi connectivity index (χ3v) is 6.82. The molecule has 0 spiro atoms. The Labute approximate surface area is 194 Å². The van der Waals surface area contributed by atoms with Gasteiger partial charge in [0.1, 0.15) is 5.58 Å². The zero-order valence-electron chi connectivity index (χ0n) is 19.3. The van der Waals surface area contributed by atoms with Crippen molar-refractivity contribution in [1.29, 1.82) is 0 Å². The molecule has 5 rings (SSSR count). The van der Waals surface area contributed by atoms with Crippen LogP contribution in [0.25, 0.3) is 27.8 Å². The number of aromatic nitrogens is 1. The maximum absolute atomic E-state index is 13.8. The molecule has 3 aromatic rings. The van der Waals surface area contributed by atoms with Crippen LogP contribution in [0.5, 0.6) is 0 Å². The van der Waals surface area contributed by atoms with Crippen molar-refractivity contribution in [2.75, 3.05) is 7.05 Å². The number of nitrogens with zero attached hydrogens (tertiary/aromatic N) is 2. The molecule has 1 aromatic carbocycles. The number of fused-ring (bicyclic) bond motifs is 4. The van der Waals surface area contributed by atoms with Crippen molar-refractivity contribution in [3.8, 4) is 0 Å². The highest BCUT2D eigenvalue weighted by atomic mass is 19.4. The van der Waals surface area contributed by atoms with Crippen LogP contribution in [0.2, 0.25) is 0 Å². The number of likely N-dealkylation sites (N-methyl/N-ethyl adjacent to an activating group) is 1. The van der Waals surface area contributed by atoms with E-state index in [1.54, 1.807) is 6.07 Å². The minimum atomic E-state index is -4.34. The van der Waals surface area contributed by atoms with Crippen LogP contribution in [-0.4, -0.2) is 29.1 Å². The predicted octanol–water partition coefficient (Wildman–Crippen LogP) is 7.48. The topological polar surface area (TPSA) is 29.3 Å². The quantitative estimate of drug-likeness (QED) is 0.295. The number of aryl methyl sites for hydroxylation is 1. The third-order valence-electron chi connectivity index (χ3n) is 6.82. The zero-order chi connectivity index (χ0) is 24.4. The Balaban J connectivity index is 1.74. The summed E-state index contributed by atoms with van der Waals surface area (Å²) in [6, 6.07) is 6.56. The number of hydrogen-bond acceptors (Lipinski definition) is 3. The molecule has 7 heteroatoms. The van der Waals surface area contributed by atoms with Crippen molar-refractivity contribution in [3.63, 3.8) is 0 Å². The van der Waals surface area contributed by atoms with E-state index in [0.717, 1.165) is 27.8 Å². The summed E-state index contributed by atoms with van der Waals surface area (Å²) in [6.45, 7) is 4.39. The first-order chi connectivity index (χ1) is 16.0. The second-order valence-corrected chi connectivity index (χ2v) is 9.59. The van der Waals surface area contributed by atoms with E-state index in [2.05, 4.69) is 4.98 Å². The molecule has 0 saturated heterocycles. The van der Waals surface area contributed by atoms with E-state index in [0.29, 0.717) is 16.5 Å². The number of pyridine rings is 1. The Morgan fingerprint density at radius 3 is 2.53 bits per heavy atom. The standard InChI is InChI=1S/C27H24F4N2O/c1-15-9-10-18-19-11-12-22(28)32-25(19)34-24(18)23(15)21-13-16(14-26(2,3)27(29,30)31)17-7-5-6-8-20(17)33(21)4/h5-13,20H,14H2,1-4H3. The van der Waals surface area contributed by atoms with Crippen LogP contribution < -0.4 is 0 Å². The van der Waals surface area contributed by atoms with Gasteiger partial charge in [0, 0.05) is 29.1 Å². The van der Waals surface area contributed by atoms with Gasteiger partial charge in [0.15, 0.2) is 0 Å². The highest BCUT2D eigenvalue weighted by molar-refractivity contribution is 6.07. The van der Waals surface area contributed by atoms with Crippen LogP contribution in [-0.2, 0) is 0 Å². The second-order valence-electron chi connectivity index (χ2n) is 9.59. The van der Waals surface area contributed by atoms with E-state index >= 15 is 0 Å². The lowest BCUT2D eigenvalue weighted by molar-refractivity contribution is -0.210. The molecule has 3 nitrogen and oxygen atoms in total. The summed E-state index contributed by atoms with van der Waals surface area (Å²) in [5.41, 5.74) is 2.75. The molecule has 0 fully saturated rings. The second kappa shape index (κ2) is 7.58. The first kappa shape index (κ1) is 22.4. The molecule has 3 heterocycles. The minimum absolute atomic E-state index is 0.153. The lowest BCUT2D eigenvalue weighted by Crippen LogP contribution is -2.37. The average Bonchev–Trinajstić information content (AvgIpc) is 3.12. The van der Waals surface area contributed by atoms with Gasteiger partial charge in [-0.1, -0.05) is 50.3 Å². The fourth-order valence-electron chi connectivity index (χ4n) is 4.76. The van der Waals surface area contributed by atoms with Gasteiger partial charge in [-0.3, -0.25) is 0 Å². The fourth-order valence-corrected chi connectivity index (χ4v) is 4.76. The smallest absolute Gasteiger partial charge is 0.394 e. The number of allylic oxidation sites excluding steroid dienone is 4. The van der Waals surface area contributed by atoms with Crippen molar-refractivity contribution in [2.24, 2.45) is 5.41 Å². The summed E-state index contributed by atoms with van der Waals surface area (Å²) < 4.78 is 61.2. The summed E-state index contributed by atoms with van der Waals surface area (Å²) in [6.07, 6.45) is 4.97. The van der Waals surface area contributed by atoms with Crippen molar-refractivity contribution in [1.82, 2.24) is 9.88 Å². The molecule has 0 N–H and O–H groups in total. The van der Waals surface area contributed by atoms with Crippen LogP contribution in [0.1, 0.15) is 31.4 Å². The number of halogens is 4. The SMILES string of the molecule is Cc1ccc2c(oc3nc(F)ccc32)c1C1=CC(CC(C)(C)C(F)(F)F)=C2C=CC=CC2N1C. The molecule has 0 saturated carbocycles. The van der Waals surface area contributed by atoms with Gasteiger partial charge in [-0.05, 0) is 48.3 Å². The van der Waals surface area contributed by atoms with Gasteiger partial charge < -0.3 is 9.32 Å². The Morgan fingerprint density at radius 2 is 1.79 bits per heavy atom. The Morgan fingerprint density at radius 1 is 1.06 bits per heavy atom. The van der Waals surface area contributed by atoms with Gasteiger partial charge >= 0.3 is 6.18 Å². The Hall–Kier alpha value is -3.35. The molecule has 2 aromatic heterocycles. The molecule has 0 amide bonds. The first-order valence-corrected chi connectivity index (χ1v) is 11.1. The molecule has 0 radical (unpaired) electrons. The number of alkyl halides is 3. The largest absolute Gasteiger partial charge is 0.437 e. The van der Waals surface area contributed by atoms with Gasteiger partial charge in [0.05, 0.1) is 11.5 Å². The van der Waals surface area contributed by atoms with Crippen LogP contribution in [0.15, 0.2) is 70.2 Å². The van der Waals surface area contributed by atoms with Crippen molar-refractivity contribution >= 4 is 27.8 Å². The van der Waals surface area contributed by atoms with Crippen LogP contribution in [0.4, 0.5) is 17.6 Å². The van der Waals surface area contributed by atoms with Gasteiger partial charge in [-0.25, -0.2) is 0 Å². The Bertz CT molecular complexity index is 1440. The van der Waals surface area contributed by atoms with Gasteiger partial charge in [0.25, 0.3) is 0 Å². The monoisotopic (exact) mass is 468 g/mol. The van der Waals surface area contributed by atoms with Crippen molar-refractivity contribution < 1.29 is 22.0 Å². The summed E-state index contributed by atoms with van der Waals surface area (Å²) >= 11 is 0. The van der Waals surface area contributed by atoms with Crippen molar-refractivity contribution in [2.45, 2.75) is 39.4 Å². The van der Waals surface area contributed by atoms with Crippen LogP contribution in [0.3, 0.4) is 0 Å². The fraction of sp³-hybridized carbons (Fsp3) is 0.296. The normalized spacial score (nSPS) is 18.8. The van der Waals surface area contributed by atoms with Crippen LogP contribution >= 0.6 is 0 Å². The summed E-state index contributed by atoms with van der Waals surface area (Å²) in [4.78, 5) is 5.93. The third kappa shape index (κ3) is 3.45. The lowest BCUT2D eigenvalue weighted by Gasteiger charge is -2.39. The summed E-state index contributed by atoms with van der Waals surface area (Å²) in [5, 5.41) is 1.47. The molecule has 0 bridgehead atoms. The number of rotatable bonds is 3. The van der Waals surface area contributed by atoms with Gasteiger partial charge in [-0.2, -0.15) is 22.5 Å². The molecule has 1 unspecified atom stereocenters. The van der Waals surface area contributed by atoms with Crippen molar-refractivity contribution in [3.05, 3.63) is 82.9 Å². The number of benzene rings is 1. The summed E-state index contributed by atoms with van der Waals surface area (Å²) in [5.74, 6) is -0.637. The lowest BCUT2D eigenvalue weighted by atomic mass is 9.79. The summed E-state index contributed by atoms with van der Waals surface area (Å²) in [7, 11) is 1.92. The minimum Gasteiger partial charge on any atom is -0.437 e. The maximum Gasteiger partial charge on any atom is 0.394 e. The molecular weight excluding hydrogens is 444 g/mol. The average molecular weight is 468 g/mol. The molecule has 34 heavy (non-hydrogen) atoms. The van der Waals surface area contributed by atoms with E-state index in [1.165, 1.54) is 19.9 Å². The van der Waals surface area contributed by atoms with E-state index in [9.17, 15) is 17.6 Å². The molecule has 1 aliphatic heterocycles. The maximum atomic E-state index is 13.8. The van der Waals surface area contributed by atoms with Gasteiger partial charge in [-0.15, -0.1) is 0 Å². The predicted molar refractivity (Wildman–Crippen MR) is 125 cm³/mol. The van der Waals surface area contributed by atoms with E-state index in [4.69, 9.17) is 4.42 Å². The van der Waals surface area contributed by atoms with E-state index in [-0.39, 0.29) is 18.2 Å². The zero-order valence-corrected chi connectivity index (χ0v) is 19.3. The highest BCUT2D eigenvalue weighted by Gasteiger charge is 2.48. The molecular formula is C27H24F4N2O. The Kier molecular flexibility index (Phi) is 5.01. The van der Waals surface area contributed by atoms with Gasteiger partial charge in [0.2, 0.25) is 11.7 Å². The molecule has 1 aliphatic carbocycles. The van der Waals surface area contributed by atoms with Crippen LogP contribution in [0, 0.1) is 18.3 Å². The first-order valence-electron chi connectivity index (χ1n) is 11.1. The molecule has 1 atom stereocenters. The number of hydrogen-bond donors (Lipinski definition) is 0. The molecule has 176 valence electrons. The number of furan rings is 1. The highest BCUT2D eigenvalue weighted by Crippen LogP contribution is 2.47. The van der Waals surface area contributed by atoms with E-state index < -0.39 is 17.5 Å².